The van der Waals surface area contributed by atoms with Crippen molar-refractivity contribution < 1.29 is 4.74 Å². The van der Waals surface area contributed by atoms with E-state index in [2.05, 4.69) is 32.2 Å². The molecule has 1 saturated heterocycles. The molecular weight excluding hydrogens is 234 g/mol. The molecule has 1 fully saturated rings. The number of aryl methyl sites for hydroxylation is 1. The van der Waals surface area contributed by atoms with Gasteiger partial charge in [-0.2, -0.15) is 0 Å². The Bertz CT molecular complexity index is 384. The Morgan fingerprint density at radius 1 is 1.24 bits per heavy atom. The van der Waals surface area contributed by atoms with E-state index in [1.54, 1.807) is 0 Å². The standard InChI is InChI=1S/C14H20ClNO/c1-9-6-12(15)4-5-14(9)16-13-7-10(2)17-11(3)8-13/h4-6,10-11,13,16H,7-8H2,1-3H3. The van der Waals surface area contributed by atoms with Crippen molar-refractivity contribution in [3.63, 3.8) is 0 Å². The number of hydrogen-bond acceptors (Lipinski definition) is 2. The minimum atomic E-state index is 0.337. The third kappa shape index (κ3) is 3.36. The van der Waals surface area contributed by atoms with Crippen molar-refractivity contribution in [2.75, 3.05) is 5.32 Å². The number of rotatable bonds is 2. The molecule has 3 heteroatoms. The summed E-state index contributed by atoms with van der Waals surface area (Å²) < 4.78 is 5.74. The lowest BCUT2D eigenvalue weighted by molar-refractivity contribution is -0.0337. The van der Waals surface area contributed by atoms with Gasteiger partial charge in [0.2, 0.25) is 0 Å². The molecular formula is C14H20ClNO. The Hall–Kier alpha value is -0.730. The van der Waals surface area contributed by atoms with Gasteiger partial charge in [-0.3, -0.25) is 0 Å². The van der Waals surface area contributed by atoms with Gasteiger partial charge in [0.25, 0.3) is 0 Å². The Labute approximate surface area is 108 Å². The third-order valence-corrected chi connectivity index (χ3v) is 3.48. The summed E-state index contributed by atoms with van der Waals surface area (Å²) in [5, 5.41) is 4.39. The Balaban J connectivity index is 2.04. The van der Waals surface area contributed by atoms with E-state index < -0.39 is 0 Å². The topological polar surface area (TPSA) is 21.3 Å². The second-order valence-corrected chi connectivity index (χ2v) is 5.47. The number of hydrogen-bond donors (Lipinski definition) is 1. The van der Waals surface area contributed by atoms with Crippen LogP contribution < -0.4 is 5.32 Å². The van der Waals surface area contributed by atoms with Crippen LogP contribution in [0.1, 0.15) is 32.3 Å². The molecule has 1 heterocycles. The zero-order chi connectivity index (χ0) is 12.4. The fraction of sp³-hybridized carbons (Fsp3) is 0.571. The molecule has 0 aromatic heterocycles. The zero-order valence-electron chi connectivity index (χ0n) is 10.7. The summed E-state index contributed by atoms with van der Waals surface area (Å²) in [6, 6.07) is 6.48. The van der Waals surface area contributed by atoms with Crippen molar-refractivity contribution in [2.45, 2.75) is 51.9 Å². The smallest absolute Gasteiger partial charge is 0.0570 e. The highest BCUT2D eigenvalue weighted by Gasteiger charge is 2.24. The van der Waals surface area contributed by atoms with Crippen LogP contribution in [0.2, 0.25) is 5.02 Å². The number of halogens is 1. The second-order valence-electron chi connectivity index (χ2n) is 5.03. The first-order valence-electron chi connectivity index (χ1n) is 6.22. The first kappa shape index (κ1) is 12.7. The van der Waals surface area contributed by atoms with Crippen molar-refractivity contribution in [2.24, 2.45) is 0 Å². The van der Waals surface area contributed by atoms with Gasteiger partial charge in [-0.15, -0.1) is 0 Å². The Morgan fingerprint density at radius 3 is 2.47 bits per heavy atom. The van der Waals surface area contributed by atoms with E-state index >= 15 is 0 Å². The van der Waals surface area contributed by atoms with Crippen LogP contribution in [0.3, 0.4) is 0 Å². The van der Waals surface area contributed by atoms with Crippen LogP contribution in [0.4, 0.5) is 5.69 Å². The van der Waals surface area contributed by atoms with Crippen molar-refractivity contribution in [1.82, 2.24) is 0 Å². The van der Waals surface area contributed by atoms with E-state index in [1.807, 2.05) is 12.1 Å². The molecule has 0 radical (unpaired) electrons. The maximum Gasteiger partial charge on any atom is 0.0570 e. The number of ether oxygens (including phenoxy) is 1. The lowest BCUT2D eigenvalue weighted by Gasteiger charge is -2.33. The summed E-state index contributed by atoms with van der Waals surface area (Å²) in [6.07, 6.45) is 2.80. The molecule has 1 aliphatic heterocycles. The van der Waals surface area contributed by atoms with Crippen LogP contribution in [0.15, 0.2) is 18.2 Å². The summed E-state index contributed by atoms with van der Waals surface area (Å²) >= 11 is 5.96. The predicted octanol–water partition coefficient (Wildman–Crippen LogP) is 4.02. The van der Waals surface area contributed by atoms with Crippen molar-refractivity contribution in [1.29, 1.82) is 0 Å². The number of nitrogens with one attached hydrogen (secondary N) is 1. The van der Waals surface area contributed by atoms with Crippen LogP contribution in [-0.2, 0) is 4.74 Å². The monoisotopic (exact) mass is 253 g/mol. The molecule has 1 aromatic carbocycles. The van der Waals surface area contributed by atoms with Gasteiger partial charge in [0.15, 0.2) is 0 Å². The fourth-order valence-corrected chi connectivity index (χ4v) is 2.76. The third-order valence-electron chi connectivity index (χ3n) is 3.25. The normalized spacial score (nSPS) is 29.1. The van der Waals surface area contributed by atoms with Gasteiger partial charge in [-0.05, 0) is 57.4 Å². The largest absolute Gasteiger partial charge is 0.382 e. The highest BCUT2D eigenvalue weighted by Crippen LogP contribution is 2.25. The van der Waals surface area contributed by atoms with Gasteiger partial charge in [0.1, 0.15) is 0 Å². The number of benzene rings is 1. The van der Waals surface area contributed by atoms with Crippen LogP contribution in [0, 0.1) is 6.92 Å². The first-order valence-corrected chi connectivity index (χ1v) is 6.60. The van der Waals surface area contributed by atoms with Crippen LogP contribution in [-0.4, -0.2) is 18.2 Å². The first-order chi connectivity index (χ1) is 8.04. The maximum atomic E-state index is 5.96. The van der Waals surface area contributed by atoms with Gasteiger partial charge in [-0.25, -0.2) is 0 Å². The van der Waals surface area contributed by atoms with E-state index in [9.17, 15) is 0 Å². The minimum Gasteiger partial charge on any atom is -0.382 e. The summed E-state index contributed by atoms with van der Waals surface area (Å²) in [4.78, 5) is 0. The zero-order valence-corrected chi connectivity index (χ0v) is 11.4. The average molecular weight is 254 g/mol. The highest BCUT2D eigenvalue weighted by molar-refractivity contribution is 6.30. The summed E-state index contributed by atoms with van der Waals surface area (Å²) in [6.45, 7) is 6.36. The average Bonchev–Trinajstić information content (AvgIpc) is 2.21. The van der Waals surface area contributed by atoms with Crippen LogP contribution in [0.25, 0.3) is 0 Å². The minimum absolute atomic E-state index is 0.337. The molecule has 0 aliphatic carbocycles. The van der Waals surface area contributed by atoms with E-state index in [4.69, 9.17) is 16.3 Å². The molecule has 2 unspecified atom stereocenters. The maximum absolute atomic E-state index is 5.96. The van der Waals surface area contributed by atoms with Crippen molar-refractivity contribution in [3.05, 3.63) is 28.8 Å². The number of anilines is 1. The molecule has 2 rings (SSSR count). The summed E-state index contributed by atoms with van der Waals surface area (Å²) in [5.74, 6) is 0. The molecule has 1 aromatic rings. The van der Waals surface area contributed by atoms with E-state index in [-0.39, 0.29) is 0 Å². The molecule has 0 saturated carbocycles. The molecule has 0 bridgehead atoms. The Morgan fingerprint density at radius 2 is 1.88 bits per heavy atom. The van der Waals surface area contributed by atoms with E-state index in [1.165, 1.54) is 11.3 Å². The van der Waals surface area contributed by atoms with Gasteiger partial charge >= 0.3 is 0 Å². The predicted molar refractivity (Wildman–Crippen MR) is 72.8 cm³/mol. The molecule has 2 atom stereocenters. The van der Waals surface area contributed by atoms with E-state index in [0.717, 1.165) is 17.9 Å². The van der Waals surface area contributed by atoms with Gasteiger partial charge in [-0.1, -0.05) is 11.6 Å². The molecule has 1 aliphatic rings. The molecule has 17 heavy (non-hydrogen) atoms. The lowest BCUT2D eigenvalue weighted by Crippen LogP contribution is -2.37. The molecule has 0 amide bonds. The quantitative estimate of drug-likeness (QED) is 0.860. The highest BCUT2D eigenvalue weighted by atomic mass is 35.5. The lowest BCUT2D eigenvalue weighted by atomic mass is 9.99. The van der Waals surface area contributed by atoms with Crippen LogP contribution >= 0.6 is 11.6 Å². The van der Waals surface area contributed by atoms with Crippen LogP contribution in [0.5, 0.6) is 0 Å². The van der Waals surface area contributed by atoms with Gasteiger partial charge in [0.05, 0.1) is 12.2 Å². The summed E-state index contributed by atoms with van der Waals surface area (Å²) in [7, 11) is 0. The molecule has 2 nitrogen and oxygen atoms in total. The van der Waals surface area contributed by atoms with Crippen molar-refractivity contribution >= 4 is 17.3 Å². The SMILES string of the molecule is Cc1cc(Cl)ccc1NC1CC(C)OC(C)C1. The van der Waals surface area contributed by atoms with Crippen molar-refractivity contribution in [3.8, 4) is 0 Å². The summed E-state index contributed by atoms with van der Waals surface area (Å²) in [5.41, 5.74) is 2.38. The molecule has 94 valence electrons. The van der Waals surface area contributed by atoms with E-state index in [0.29, 0.717) is 18.2 Å². The molecule has 0 spiro atoms. The fourth-order valence-electron chi connectivity index (χ4n) is 2.53. The Kier molecular flexibility index (Phi) is 3.95. The second kappa shape index (κ2) is 5.28. The molecule has 1 N–H and O–H groups in total. The van der Waals surface area contributed by atoms with Gasteiger partial charge in [0, 0.05) is 16.8 Å². The van der Waals surface area contributed by atoms with Gasteiger partial charge < -0.3 is 10.1 Å².